The lowest BCUT2D eigenvalue weighted by molar-refractivity contribution is 0.215. The smallest absolute Gasteiger partial charge is 0.117 e. The van der Waals surface area contributed by atoms with Crippen molar-refractivity contribution in [2.45, 2.75) is 26.1 Å². The summed E-state index contributed by atoms with van der Waals surface area (Å²) in [6, 6.07) is 4.02. The zero-order chi connectivity index (χ0) is 13.0. The van der Waals surface area contributed by atoms with Crippen molar-refractivity contribution in [2.24, 2.45) is 5.73 Å². The van der Waals surface area contributed by atoms with Gasteiger partial charge < -0.3 is 14.7 Å². The Kier molecular flexibility index (Phi) is 4.17. The van der Waals surface area contributed by atoms with Crippen molar-refractivity contribution in [3.8, 4) is 0 Å². The molecule has 2 aromatic heterocycles. The van der Waals surface area contributed by atoms with Crippen molar-refractivity contribution in [1.29, 1.82) is 0 Å². The van der Waals surface area contributed by atoms with Gasteiger partial charge in [0.2, 0.25) is 0 Å². The predicted octanol–water partition coefficient (Wildman–Crippen LogP) is 1.63. The number of rotatable bonds is 6. The molecule has 2 aromatic rings. The molecule has 0 bridgehead atoms. The second-order valence-corrected chi connectivity index (χ2v) is 4.35. The van der Waals surface area contributed by atoms with Crippen LogP contribution in [0.2, 0.25) is 0 Å². The van der Waals surface area contributed by atoms with Gasteiger partial charge in [0, 0.05) is 19.3 Å². The van der Waals surface area contributed by atoms with Crippen molar-refractivity contribution >= 4 is 0 Å². The normalized spacial score (nSPS) is 13.1. The van der Waals surface area contributed by atoms with Gasteiger partial charge in [0.15, 0.2) is 0 Å². The third-order valence-electron chi connectivity index (χ3n) is 3.17. The lowest BCUT2D eigenvalue weighted by atomic mass is 10.2. The molecular formula is C13H20N4O. The molecule has 2 rings (SSSR count). The molecule has 0 fully saturated rings. The van der Waals surface area contributed by atoms with E-state index in [2.05, 4.69) is 21.4 Å². The molecule has 1 unspecified atom stereocenters. The number of likely N-dealkylation sites (N-methyl/N-ethyl adjacent to an activating group) is 1. The van der Waals surface area contributed by atoms with Gasteiger partial charge >= 0.3 is 0 Å². The van der Waals surface area contributed by atoms with E-state index in [-0.39, 0.29) is 6.04 Å². The van der Waals surface area contributed by atoms with E-state index < -0.39 is 0 Å². The van der Waals surface area contributed by atoms with Gasteiger partial charge in [-0.1, -0.05) is 0 Å². The van der Waals surface area contributed by atoms with Crippen LogP contribution >= 0.6 is 0 Å². The molecule has 0 aliphatic rings. The number of aromatic nitrogens is 2. The number of furan rings is 1. The first kappa shape index (κ1) is 12.9. The zero-order valence-corrected chi connectivity index (χ0v) is 10.9. The van der Waals surface area contributed by atoms with Crippen LogP contribution in [0, 0.1) is 0 Å². The van der Waals surface area contributed by atoms with Crippen LogP contribution in [0.5, 0.6) is 0 Å². The summed E-state index contributed by atoms with van der Waals surface area (Å²) in [7, 11) is 2.05. The highest BCUT2D eigenvalue weighted by molar-refractivity contribution is 5.07. The number of nitrogens with two attached hydrogens (primary N) is 1. The van der Waals surface area contributed by atoms with E-state index in [1.54, 1.807) is 6.26 Å². The van der Waals surface area contributed by atoms with Crippen LogP contribution in [0.1, 0.15) is 24.4 Å². The van der Waals surface area contributed by atoms with Gasteiger partial charge in [-0.2, -0.15) is 0 Å². The second kappa shape index (κ2) is 5.84. The lowest BCUT2D eigenvalue weighted by Crippen LogP contribution is -2.31. The number of hydrogen-bond donors (Lipinski definition) is 1. The molecule has 0 amide bonds. The Morgan fingerprint density at radius 2 is 2.39 bits per heavy atom. The first-order chi connectivity index (χ1) is 8.76. The van der Waals surface area contributed by atoms with Crippen molar-refractivity contribution in [1.82, 2.24) is 14.5 Å². The number of nitrogens with zero attached hydrogens (tertiary/aromatic N) is 3. The fourth-order valence-corrected chi connectivity index (χ4v) is 2.16. The quantitative estimate of drug-likeness (QED) is 0.844. The average molecular weight is 248 g/mol. The summed E-state index contributed by atoms with van der Waals surface area (Å²) in [6.07, 6.45) is 5.43. The minimum Gasteiger partial charge on any atom is -0.468 e. The maximum atomic E-state index is 5.90. The second-order valence-electron chi connectivity index (χ2n) is 4.35. The van der Waals surface area contributed by atoms with Crippen LogP contribution in [0.25, 0.3) is 0 Å². The molecule has 1 atom stereocenters. The Morgan fingerprint density at radius 1 is 1.56 bits per heavy atom. The first-order valence-corrected chi connectivity index (χ1v) is 6.19. The van der Waals surface area contributed by atoms with Gasteiger partial charge in [0.1, 0.15) is 5.76 Å². The van der Waals surface area contributed by atoms with Crippen LogP contribution in [0.3, 0.4) is 0 Å². The Bertz CT molecular complexity index is 463. The molecule has 0 radical (unpaired) electrons. The summed E-state index contributed by atoms with van der Waals surface area (Å²) < 4.78 is 7.49. The highest BCUT2D eigenvalue weighted by Gasteiger charge is 2.19. The zero-order valence-electron chi connectivity index (χ0n) is 10.9. The SMILES string of the molecule is CCn1cncc1C(CN)N(C)Cc1ccco1. The standard InChI is InChI=1S/C13H20N4O/c1-3-17-10-15-8-13(17)12(7-14)16(2)9-11-5-4-6-18-11/h4-6,8,10,12H,3,7,9,14H2,1-2H3. The van der Waals surface area contributed by atoms with E-state index in [0.29, 0.717) is 6.54 Å². The Hall–Kier alpha value is -1.59. The minimum absolute atomic E-state index is 0.151. The molecule has 5 nitrogen and oxygen atoms in total. The van der Waals surface area contributed by atoms with Gasteiger partial charge in [-0.15, -0.1) is 0 Å². The predicted molar refractivity (Wildman–Crippen MR) is 69.9 cm³/mol. The largest absolute Gasteiger partial charge is 0.468 e. The van der Waals surface area contributed by atoms with Crippen LogP contribution in [-0.2, 0) is 13.1 Å². The van der Waals surface area contributed by atoms with Gasteiger partial charge in [-0.25, -0.2) is 4.98 Å². The molecule has 0 saturated carbocycles. The van der Waals surface area contributed by atoms with Crippen molar-refractivity contribution in [3.05, 3.63) is 42.4 Å². The average Bonchev–Trinajstić information content (AvgIpc) is 3.01. The Balaban J connectivity index is 2.13. The monoisotopic (exact) mass is 248 g/mol. The fourth-order valence-electron chi connectivity index (χ4n) is 2.16. The summed E-state index contributed by atoms with van der Waals surface area (Å²) >= 11 is 0. The summed E-state index contributed by atoms with van der Waals surface area (Å²) in [5.41, 5.74) is 7.05. The van der Waals surface area contributed by atoms with E-state index in [9.17, 15) is 0 Å². The van der Waals surface area contributed by atoms with Crippen molar-refractivity contribution in [3.63, 3.8) is 0 Å². The minimum atomic E-state index is 0.151. The van der Waals surface area contributed by atoms with Gasteiger partial charge in [-0.05, 0) is 26.1 Å². The molecule has 0 aliphatic carbocycles. The third-order valence-corrected chi connectivity index (χ3v) is 3.17. The van der Waals surface area contributed by atoms with Crippen LogP contribution in [-0.4, -0.2) is 28.0 Å². The highest BCUT2D eigenvalue weighted by Crippen LogP contribution is 2.20. The Labute approximate surface area is 107 Å². The summed E-state index contributed by atoms with van der Waals surface area (Å²) in [5, 5.41) is 0. The molecular weight excluding hydrogens is 228 g/mol. The topological polar surface area (TPSA) is 60.2 Å². The maximum Gasteiger partial charge on any atom is 0.117 e. The molecule has 2 heterocycles. The molecule has 0 aliphatic heterocycles. The summed E-state index contributed by atoms with van der Waals surface area (Å²) in [5.74, 6) is 0.943. The third kappa shape index (κ3) is 2.63. The number of aryl methyl sites for hydroxylation is 1. The Morgan fingerprint density at radius 3 is 3.00 bits per heavy atom. The number of hydrogen-bond acceptors (Lipinski definition) is 4. The number of imidazole rings is 1. The van der Waals surface area contributed by atoms with Crippen molar-refractivity contribution in [2.75, 3.05) is 13.6 Å². The molecule has 0 spiro atoms. The lowest BCUT2D eigenvalue weighted by Gasteiger charge is -2.26. The van der Waals surface area contributed by atoms with E-state index >= 15 is 0 Å². The fraction of sp³-hybridized carbons (Fsp3) is 0.462. The summed E-state index contributed by atoms with van der Waals surface area (Å²) in [4.78, 5) is 6.38. The van der Waals surface area contributed by atoms with E-state index in [0.717, 1.165) is 24.5 Å². The maximum absolute atomic E-state index is 5.90. The van der Waals surface area contributed by atoms with E-state index in [1.165, 1.54) is 0 Å². The molecule has 98 valence electrons. The highest BCUT2D eigenvalue weighted by atomic mass is 16.3. The van der Waals surface area contributed by atoms with Gasteiger partial charge in [0.05, 0.1) is 30.9 Å². The van der Waals surface area contributed by atoms with Crippen LogP contribution in [0.15, 0.2) is 35.3 Å². The van der Waals surface area contributed by atoms with Crippen LogP contribution < -0.4 is 5.73 Å². The van der Waals surface area contributed by atoms with Crippen LogP contribution in [0.4, 0.5) is 0 Å². The molecule has 2 N–H and O–H groups in total. The first-order valence-electron chi connectivity index (χ1n) is 6.19. The summed E-state index contributed by atoms with van der Waals surface area (Å²) in [6.45, 7) is 4.30. The molecule has 0 saturated heterocycles. The molecule has 0 aromatic carbocycles. The van der Waals surface area contributed by atoms with E-state index in [1.807, 2.05) is 31.7 Å². The van der Waals surface area contributed by atoms with Gasteiger partial charge in [0.25, 0.3) is 0 Å². The molecule has 18 heavy (non-hydrogen) atoms. The van der Waals surface area contributed by atoms with Gasteiger partial charge in [-0.3, -0.25) is 4.90 Å². The molecule has 5 heteroatoms. The van der Waals surface area contributed by atoms with Crippen molar-refractivity contribution < 1.29 is 4.42 Å². The van der Waals surface area contributed by atoms with E-state index in [4.69, 9.17) is 10.2 Å².